The van der Waals surface area contributed by atoms with Crippen molar-refractivity contribution in [3.8, 4) is 5.75 Å². The van der Waals surface area contributed by atoms with Gasteiger partial charge in [0.15, 0.2) is 0 Å². The number of carbonyl (C=O) groups excluding carboxylic acids is 1. The van der Waals surface area contributed by atoms with Gasteiger partial charge in [0.1, 0.15) is 5.75 Å². The lowest BCUT2D eigenvalue weighted by molar-refractivity contribution is -0.117. The van der Waals surface area contributed by atoms with E-state index in [0.717, 1.165) is 31.2 Å². The molecule has 0 aromatic heterocycles. The Morgan fingerprint density at radius 3 is 2.20 bits per heavy atom. The summed E-state index contributed by atoms with van der Waals surface area (Å²) in [6.45, 7) is 0. The molecule has 0 radical (unpaired) electrons. The van der Waals surface area contributed by atoms with Crippen LogP contribution < -0.4 is 14.8 Å². The summed E-state index contributed by atoms with van der Waals surface area (Å²) < 4.78 is 32.7. The standard InChI is InChI=1S/C23H28N2O4S/c1-29-21-13-11-20(12-14-21)25-30(27,28)22-15-8-18(9-16-22)10-17-23(26)24-19-6-4-2-3-5-7-19/h8-17,19,25H,2-7H2,1H3,(H,24,26)/b17-10+. The van der Waals surface area contributed by atoms with E-state index in [1.165, 1.54) is 31.1 Å². The molecular formula is C23H28N2O4S. The molecule has 7 heteroatoms. The van der Waals surface area contributed by atoms with Crippen LogP contribution in [0.15, 0.2) is 59.5 Å². The van der Waals surface area contributed by atoms with Crippen LogP contribution in [-0.2, 0) is 14.8 Å². The lowest BCUT2D eigenvalue weighted by Gasteiger charge is -2.14. The molecule has 2 N–H and O–H groups in total. The monoisotopic (exact) mass is 428 g/mol. The van der Waals surface area contributed by atoms with Gasteiger partial charge in [0.2, 0.25) is 5.91 Å². The van der Waals surface area contributed by atoms with Gasteiger partial charge >= 0.3 is 0 Å². The number of hydrogen-bond acceptors (Lipinski definition) is 4. The van der Waals surface area contributed by atoms with E-state index < -0.39 is 10.0 Å². The minimum absolute atomic E-state index is 0.111. The number of nitrogens with one attached hydrogen (secondary N) is 2. The van der Waals surface area contributed by atoms with Crippen molar-refractivity contribution in [3.05, 3.63) is 60.2 Å². The van der Waals surface area contributed by atoms with E-state index in [1.54, 1.807) is 49.6 Å². The fourth-order valence-corrected chi connectivity index (χ4v) is 4.53. The lowest BCUT2D eigenvalue weighted by atomic mass is 10.1. The van der Waals surface area contributed by atoms with Crippen LogP contribution >= 0.6 is 0 Å². The van der Waals surface area contributed by atoms with Crippen molar-refractivity contribution >= 4 is 27.7 Å². The van der Waals surface area contributed by atoms with E-state index in [9.17, 15) is 13.2 Å². The fraction of sp³-hybridized carbons (Fsp3) is 0.348. The highest BCUT2D eigenvalue weighted by atomic mass is 32.2. The van der Waals surface area contributed by atoms with Crippen molar-refractivity contribution in [2.24, 2.45) is 0 Å². The second kappa shape index (κ2) is 10.3. The van der Waals surface area contributed by atoms with Crippen molar-refractivity contribution in [1.82, 2.24) is 5.32 Å². The van der Waals surface area contributed by atoms with Gasteiger partial charge in [-0.2, -0.15) is 0 Å². The Morgan fingerprint density at radius 1 is 0.967 bits per heavy atom. The summed E-state index contributed by atoms with van der Waals surface area (Å²) in [5, 5.41) is 3.06. The molecule has 30 heavy (non-hydrogen) atoms. The SMILES string of the molecule is COc1ccc(NS(=O)(=O)c2ccc(/C=C/C(=O)NC3CCCCCC3)cc2)cc1. The van der Waals surface area contributed by atoms with Crippen molar-refractivity contribution in [3.63, 3.8) is 0 Å². The van der Waals surface area contributed by atoms with Crippen LogP contribution in [0.5, 0.6) is 5.75 Å². The van der Waals surface area contributed by atoms with Crippen molar-refractivity contribution < 1.29 is 17.9 Å². The summed E-state index contributed by atoms with van der Waals surface area (Å²) in [5.41, 5.74) is 1.21. The predicted octanol–water partition coefficient (Wildman–Crippen LogP) is 4.35. The Labute approximate surface area is 178 Å². The maximum Gasteiger partial charge on any atom is 0.261 e. The normalized spacial score (nSPS) is 15.5. The number of ether oxygens (including phenoxy) is 1. The lowest BCUT2D eigenvalue weighted by Crippen LogP contribution is -2.33. The molecule has 0 heterocycles. The highest BCUT2D eigenvalue weighted by Gasteiger charge is 2.15. The van der Waals surface area contributed by atoms with Crippen LogP contribution in [0.2, 0.25) is 0 Å². The zero-order chi connectivity index (χ0) is 21.4. The molecular weight excluding hydrogens is 400 g/mol. The van der Waals surface area contributed by atoms with Gasteiger partial charge in [-0.15, -0.1) is 0 Å². The molecule has 0 unspecified atom stereocenters. The highest BCUT2D eigenvalue weighted by molar-refractivity contribution is 7.92. The molecule has 1 aliphatic rings. The maximum atomic E-state index is 12.6. The van der Waals surface area contributed by atoms with Gasteiger partial charge in [0.05, 0.1) is 12.0 Å². The molecule has 0 spiro atoms. The summed E-state index contributed by atoms with van der Waals surface area (Å²) >= 11 is 0. The smallest absolute Gasteiger partial charge is 0.261 e. The molecule has 3 rings (SSSR count). The summed E-state index contributed by atoms with van der Waals surface area (Å²) in [7, 11) is -2.15. The molecule has 1 saturated carbocycles. The second-order valence-corrected chi connectivity index (χ2v) is 9.12. The fourth-order valence-electron chi connectivity index (χ4n) is 3.48. The van der Waals surface area contributed by atoms with Crippen molar-refractivity contribution in [2.75, 3.05) is 11.8 Å². The molecule has 2 aromatic carbocycles. The number of hydrogen-bond donors (Lipinski definition) is 2. The van der Waals surface area contributed by atoms with Crippen LogP contribution in [0.3, 0.4) is 0 Å². The molecule has 0 bridgehead atoms. The summed E-state index contributed by atoms with van der Waals surface area (Å²) in [5.74, 6) is 0.539. The predicted molar refractivity (Wildman–Crippen MR) is 119 cm³/mol. The Morgan fingerprint density at radius 2 is 1.60 bits per heavy atom. The van der Waals surface area contributed by atoms with Crippen molar-refractivity contribution in [1.29, 1.82) is 0 Å². The first-order valence-electron chi connectivity index (χ1n) is 10.2. The number of sulfonamides is 1. The van der Waals surface area contributed by atoms with Crippen LogP contribution in [0.1, 0.15) is 44.1 Å². The number of carbonyl (C=O) groups is 1. The molecule has 2 aromatic rings. The van der Waals surface area contributed by atoms with Crippen LogP contribution in [-0.4, -0.2) is 27.5 Å². The molecule has 0 aliphatic heterocycles. The summed E-state index contributed by atoms with van der Waals surface area (Å²) in [4.78, 5) is 12.3. The van der Waals surface area contributed by atoms with E-state index in [2.05, 4.69) is 10.0 Å². The van der Waals surface area contributed by atoms with E-state index in [0.29, 0.717) is 11.4 Å². The van der Waals surface area contributed by atoms with Gasteiger partial charge in [-0.3, -0.25) is 9.52 Å². The molecule has 6 nitrogen and oxygen atoms in total. The average molecular weight is 429 g/mol. The first kappa shape index (κ1) is 21.9. The minimum Gasteiger partial charge on any atom is -0.497 e. The Hall–Kier alpha value is -2.80. The number of methoxy groups -OCH3 is 1. The van der Waals surface area contributed by atoms with E-state index in [-0.39, 0.29) is 16.8 Å². The second-order valence-electron chi connectivity index (χ2n) is 7.43. The molecule has 1 fully saturated rings. The van der Waals surface area contributed by atoms with E-state index >= 15 is 0 Å². The minimum atomic E-state index is -3.70. The molecule has 0 atom stereocenters. The van der Waals surface area contributed by atoms with Crippen LogP contribution in [0.4, 0.5) is 5.69 Å². The third-order valence-corrected chi connectivity index (χ3v) is 6.56. The van der Waals surface area contributed by atoms with E-state index in [1.807, 2.05) is 0 Å². The molecule has 1 aliphatic carbocycles. The zero-order valence-corrected chi connectivity index (χ0v) is 18.0. The van der Waals surface area contributed by atoms with Gasteiger partial charge in [0, 0.05) is 17.8 Å². The van der Waals surface area contributed by atoms with Crippen LogP contribution in [0, 0.1) is 0 Å². The quantitative estimate of drug-likeness (QED) is 0.507. The Balaban J connectivity index is 1.58. The summed E-state index contributed by atoms with van der Waals surface area (Å²) in [6.07, 6.45) is 10.1. The molecule has 1 amide bonds. The average Bonchev–Trinajstić information content (AvgIpc) is 3.01. The molecule has 160 valence electrons. The Bertz CT molecular complexity index is 959. The number of anilines is 1. The van der Waals surface area contributed by atoms with E-state index in [4.69, 9.17) is 4.74 Å². The van der Waals surface area contributed by atoms with Gasteiger partial charge < -0.3 is 10.1 Å². The van der Waals surface area contributed by atoms with Crippen molar-refractivity contribution in [2.45, 2.75) is 49.5 Å². The van der Waals surface area contributed by atoms with Gasteiger partial charge in [-0.05, 0) is 60.9 Å². The van der Waals surface area contributed by atoms with Gasteiger partial charge in [-0.25, -0.2) is 8.42 Å². The number of rotatable bonds is 7. The van der Waals surface area contributed by atoms with Gasteiger partial charge in [0.25, 0.3) is 10.0 Å². The topological polar surface area (TPSA) is 84.5 Å². The maximum absolute atomic E-state index is 12.6. The first-order valence-corrected chi connectivity index (χ1v) is 11.7. The third kappa shape index (κ3) is 6.35. The van der Waals surface area contributed by atoms with Crippen LogP contribution in [0.25, 0.3) is 6.08 Å². The first-order chi connectivity index (χ1) is 14.5. The largest absolute Gasteiger partial charge is 0.497 e. The summed E-state index contributed by atoms with van der Waals surface area (Å²) in [6, 6.07) is 13.3. The number of benzene rings is 2. The highest BCUT2D eigenvalue weighted by Crippen LogP contribution is 2.20. The molecule has 0 saturated heterocycles. The van der Waals surface area contributed by atoms with Gasteiger partial charge in [-0.1, -0.05) is 37.8 Å². The Kier molecular flexibility index (Phi) is 7.52. The zero-order valence-electron chi connectivity index (χ0n) is 17.1. The number of amides is 1. The third-order valence-electron chi connectivity index (χ3n) is 5.16.